The zero-order valence-corrected chi connectivity index (χ0v) is 5.73. The quantitative estimate of drug-likeness (QED) is 0.224. The molecule has 34 valence electrons. The summed E-state index contributed by atoms with van der Waals surface area (Å²) < 4.78 is 3.77. The minimum absolute atomic E-state index is 1.53. The molecule has 0 aromatic heterocycles. The van der Waals surface area contributed by atoms with E-state index in [1.165, 1.54) is 0 Å². The van der Waals surface area contributed by atoms with Gasteiger partial charge in [0.15, 0.2) is 0 Å². The second-order valence-electron chi connectivity index (χ2n) is 0.461. The van der Waals surface area contributed by atoms with Crippen molar-refractivity contribution in [2.75, 3.05) is 4.93 Å². The second kappa shape index (κ2) is 3.20. The van der Waals surface area contributed by atoms with Crippen molar-refractivity contribution >= 4 is 28.6 Å². The molecular weight excluding hydrogens is 203 g/mol. The van der Waals surface area contributed by atoms with E-state index < -0.39 is 18.8 Å². The Balaban J connectivity index is 2.54. The Labute approximate surface area is 42.2 Å². The van der Waals surface area contributed by atoms with Crippen LogP contribution in [0.2, 0.25) is 0 Å². The fraction of sp³-hybridized carbons (Fsp3) is 1.00. The van der Waals surface area contributed by atoms with Gasteiger partial charge in [-0.3, -0.25) is 0 Å². The topological polar surface area (TPSA) is 29.5 Å². The van der Waals surface area contributed by atoms with Crippen LogP contribution in [-0.4, -0.2) is 10.2 Å². The van der Waals surface area contributed by atoms with Crippen LogP contribution in [0.3, 0.4) is 0 Å². The molecule has 0 saturated carbocycles. The van der Waals surface area contributed by atoms with Gasteiger partial charge in [0.1, 0.15) is 0 Å². The first-order chi connectivity index (χ1) is 2.27. The number of hydrogen-bond acceptors (Lipinski definition) is 3. The Morgan fingerprint density at radius 1 is 2.00 bits per heavy atom. The summed E-state index contributed by atoms with van der Waals surface area (Å²) in [6.07, 6.45) is 0. The van der Waals surface area contributed by atoms with Crippen molar-refractivity contribution in [3.8, 4) is 0 Å². The number of hydrogen-bond donors (Lipinski definition) is 2. The molecule has 5 heavy (non-hydrogen) atoms. The maximum absolute atomic E-state index is 7.64. The zero-order chi connectivity index (χ0) is 4.28. The summed E-state index contributed by atoms with van der Waals surface area (Å²) >= 11 is -1.53. The van der Waals surface area contributed by atoms with Crippen LogP contribution in [0.25, 0.3) is 0 Å². The summed E-state index contributed by atoms with van der Waals surface area (Å²) in [6.45, 7) is 0. The number of alkyl halides is 1. The normalized spacial score (nSPS) is 11.4. The molecule has 0 saturated heterocycles. The zero-order valence-electron chi connectivity index (χ0n) is 2.68. The molecule has 0 fully saturated rings. The molecule has 0 aromatic rings. The third-order valence-corrected chi connectivity index (χ3v) is 1.08. The van der Waals surface area contributed by atoms with Crippen LogP contribution in [0, 0.1) is 0 Å². The van der Waals surface area contributed by atoms with E-state index in [4.69, 9.17) is 5.26 Å². The first-order valence-corrected chi connectivity index (χ1v) is 7.15. The SMILES string of the molecule is CI(S)OO. The first-order valence-electron chi connectivity index (χ1n) is 0.884. The van der Waals surface area contributed by atoms with Gasteiger partial charge < -0.3 is 0 Å². The van der Waals surface area contributed by atoms with Crippen molar-refractivity contribution < 1.29 is 8.47 Å². The van der Waals surface area contributed by atoms with E-state index in [2.05, 4.69) is 13.0 Å². The summed E-state index contributed by atoms with van der Waals surface area (Å²) in [7, 11) is 3.78. The Hall–Kier alpha value is 1.00. The maximum atomic E-state index is 7.64. The fourth-order valence-corrected chi connectivity index (χ4v) is 0. The molecule has 0 aliphatic carbocycles. The Morgan fingerprint density at radius 2 is 2.20 bits per heavy atom. The number of halogens is 1. The summed E-state index contributed by atoms with van der Waals surface area (Å²) in [6, 6.07) is 0. The Bertz CT molecular complexity index is 23.6. The second-order valence-corrected chi connectivity index (χ2v) is 6.29. The van der Waals surface area contributed by atoms with Crippen molar-refractivity contribution in [1.82, 2.24) is 0 Å². The molecule has 0 atom stereocenters. The molecule has 0 aliphatic rings. The standard InChI is InChI=1S/CH5IO2S/c1-2(5)4-3/h3,5H,1H3. The molecule has 1 N–H and O–H groups in total. The van der Waals surface area contributed by atoms with E-state index >= 15 is 0 Å². The van der Waals surface area contributed by atoms with Crippen LogP contribution in [0.15, 0.2) is 0 Å². The van der Waals surface area contributed by atoms with Gasteiger partial charge in [0.25, 0.3) is 0 Å². The molecule has 0 rings (SSSR count). The van der Waals surface area contributed by atoms with E-state index in [-0.39, 0.29) is 0 Å². The molecule has 4 heteroatoms. The van der Waals surface area contributed by atoms with Crippen LogP contribution in [0.5, 0.6) is 0 Å². The van der Waals surface area contributed by atoms with Crippen LogP contribution in [0.1, 0.15) is 0 Å². The summed E-state index contributed by atoms with van der Waals surface area (Å²) in [5, 5.41) is 7.64. The van der Waals surface area contributed by atoms with Crippen LogP contribution in [-0.2, 0) is 3.22 Å². The van der Waals surface area contributed by atoms with Gasteiger partial charge in [0.05, 0.1) is 0 Å². The van der Waals surface area contributed by atoms with Crippen LogP contribution < -0.4 is 0 Å². The summed E-state index contributed by atoms with van der Waals surface area (Å²) in [5.41, 5.74) is 0. The molecule has 0 aliphatic heterocycles. The van der Waals surface area contributed by atoms with Gasteiger partial charge in [-0.15, -0.1) is 0 Å². The van der Waals surface area contributed by atoms with Crippen molar-refractivity contribution in [3.63, 3.8) is 0 Å². The Morgan fingerprint density at radius 3 is 2.20 bits per heavy atom. The van der Waals surface area contributed by atoms with E-state index in [1.54, 1.807) is 4.93 Å². The van der Waals surface area contributed by atoms with Crippen molar-refractivity contribution in [2.24, 2.45) is 0 Å². The predicted molar refractivity (Wildman–Crippen MR) is 32.6 cm³/mol. The van der Waals surface area contributed by atoms with Crippen LogP contribution in [0.4, 0.5) is 0 Å². The average molecular weight is 208 g/mol. The first kappa shape index (κ1) is 6.00. The van der Waals surface area contributed by atoms with Gasteiger partial charge in [-0.25, -0.2) is 0 Å². The average Bonchev–Trinajstić information content (AvgIpc) is 1.38. The molecule has 0 heterocycles. The molecule has 0 radical (unpaired) electrons. The molecule has 0 amide bonds. The summed E-state index contributed by atoms with van der Waals surface area (Å²) in [5.74, 6) is 0. The van der Waals surface area contributed by atoms with Crippen molar-refractivity contribution in [3.05, 3.63) is 0 Å². The molecular formula is CH5IO2S. The fourth-order valence-electron chi connectivity index (χ4n) is 0. The van der Waals surface area contributed by atoms with Gasteiger partial charge in [0.2, 0.25) is 0 Å². The summed E-state index contributed by atoms with van der Waals surface area (Å²) in [4.78, 5) is 1.77. The number of rotatable bonds is 1. The van der Waals surface area contributed by atoms with E-state index in [9.17, 15) is 0 Å². The van der Waals surface area contributed by atoms with Gasteiger partial charge >= 0.3 is 42.1 Å². The van der Waals surface area contributed by atoms with E-state index in [0.29, 0.717) is 0 Å². The van der Waals surface area contributed by atoms with Gasteiger partial charge in [-0.05, 0) is 0 Å². The molecule has 0 spiro atoms. The molecule has 0 unspecified atom stereocenters. The minimum atomic E-state index is -1.53. The molecule has 0 aromatic carbocycles. The molecule has 2 nitrogen and oxygen atoms in total. The predicted octanol–water partition coefficient (Wildman–Crippen LogP) is 1.37. The van der Waals surface area contributed by atoms with Crippen molar-refractivity contribution in [1.29, 1.82) is 0 Å². The monoisotopic (exact) mass is 208 g/mol. The van der Waals surface area contributed by atoms with Gasteiger partial charge in [-0.2, -0.15) is 0 Å². The number of thiol groups is 1. The van der Waals surface area contributed by atoms with Gasteiger partial charge in [0, 0.05) is 0 Å². The van der Waals surface area contributed by atoms with E-state index in [1.807, 2.05) is 0 Å². The van der Waals surface area contributed by atoms with E-state index in [0.717, 1.165) is 0 Å². The molecule has 0 bridgehead atoms. The van der Waals surface area contributed by atoms with Crippen molar-refractivity contribution in [2.45, 2.75) is 0 Å². The third kappa shape index (κ3) is 5.00. The Kier molecular flexibility index (Phi) is 3.84. The third-order valence-electron chi connectivity index (χ3n) is 0.0999. The van der Waals surface area contributed by atoms with Crippen LogP contribution >= 0.6 is 28.6 Å². The van der Waals surface area contributed by atoms with Gasteiger partial charge in [-0.1, -0.05) is 0 Å².